The number of rotatable bonds is 6. The van der Waals surface area contributed by atoms with Crippen molar-refractivity contribution in [2.75, 3.05) is 39.3 Å². The number of aliphatic hydroxyl groups is 1. The van der Waals surface area contributed by atoms with Gasteiger partial charge in [-0.2, -0.15) is 0 Å². The van der Waals surface area contributed by atoms with Crippen LogP contribution in [0.2, 0.25) is 0 Å². The SMILES string of the molecule is CCCc1cc(C(=O)N2C[C@@H](CN3CCCC3)[C@@H](CO)C2)cs1. The molecule has 2 fully saturated rings. The summed E-state index contributed by atoms with van der Waals surface area (Å²) >= 11 is 1.69. The van der Waals surface area contributed by atoms with Crippen molar-refractivity contribution in [3.05, 3.63) is 21.9 Å². The van der Waals surface area contributed by atoms with E-state index in [1.807, 2.05) is 10.3 Å². The fraction of sp³-hybridized carbons (Fsp3) is 0.722. The minimum Gasteiger partial charge on any atom is -0.396 e. The Morgan fingerprint density at radius 2 is 2.04 bits per heavy atom. The van der Waals surface area contributed by atoms with E-state index in [0.29, 0.717) is 12.5 Å². The fourth-order valence-electron chi connectivity index (χ4n) is 3.87. The number of carbonyl (C=O) groups is 1. The molecular formula is C18H28N2O2S. The third-order valence-corrected chi connectivity index (χ3v) is 6.18. The topological polar surface area (TPSA) is 43.8 Å². The zero-order valence-corrected chi connectivity index (χ0v) is 14.9. The first-order valence-corrected chi connectivity index (χ1v) is 9.79. The summed E-state index contributed by atoms with van der Waals surface area (Å²) < 4.78 is 0. The molecular weight excluding hydrogens is 308 g/mol. The van der Waals surface area contributed by atoms with E-state index in [1.54, 1.807) is 11.3 Å². The van der Waals surface area contributed by atoms with Crippen molar-refractivity contribution >= 4 is 17.2 Å². The Morgan fingerprint density at radius 1 is 1.30 bits per heavy atom. The molecule has 0 saturated carbocycles. The van der Waals surface area contributed by atoms with Gasteiger partial charge in [-0.15, -0.1) is 11.3 Å². The normalized spacial score (nSPS) is 25.4. The van der Waals surface area contributed by atoms with Gasteiger partial charge in [0.05, 0.1) is 5.56 Å². The van der Waals surface area contributed by atoms with Crippen LogP contribution in [0.3, 0.4) is 0 Å². The zero-order valence-electron chi connectivity index (χ0n) is 14.0. The lowest BCUT2D eigenvalue weighted by Gasteiger charge is -2.22. The first-order valence-electron chi connectivity index (χ1n) is 8.91. The van der Waals surface area contributed by atoms with Gasteiger partial charge >= 0.3 is 0 Å². The first kappa shape index (κ1) is 16.9. The minimum atomic E-state index is 0.144. The summed E-state index contributed by atoms with van der Waals surface area (Å²) in [5, 5.41) is 11.7. The van der Waals surface area contributed by atoms with Crippen molar-refractivity contribution in [3.8, 4) is 0 Å². The van der Waals surface area contributed by atoms with Crippen LogP contribution >= 0.6 is 11.3 Å². The van der Waals surface area contributed by atoms with Gasteiger partial charge in [-0.25, -0.2) is 0 Å². The lowest BCUT2D eigenvalue weighted by molar-refractivity contribution is 0.0780. The van der Waals surface area contributed by atoms with Crippen molar-refractivity contribution in [2.24, 2.45) is 11.8 Å². The van der Waals surface area contributed by atoms with Gasteiger partial charge in [-0.1, -0.05) is 13.3 Å². The molecule has 2 aliphatic heterocycles. The summed E-state index contributed by atoms with van der Waals surface area (Å²) in [5.41, 5.74) is 0.831. The Morgan fingerprint density at radius 3 is 2.74 bits per heavy atom. The molecule has 0 unspecified atom stereocenters. The van der Waals surface area contributed by atoms with Crippen LogP contribution in [-0.2, 0) is 6.42 Å². The number of likely N-dealkylation sites (tertiary alicyclic amines) is 2. The van der Waals surface area contributed by atoms with E-state index in [0.717, 1.165) is 31.5 Å². The Hall–Kier alpha value is -0.910. The Bertz CT molecular complexity index is 525. The number of hydrogen-bond acceptors (Lipinski definition) is 4. The Kier molecular flexibility index (Phi) is 5.72. The second-order valence-electron chi connectivity index (χ2n) is 6.97. The minimum absolute atomic E-state index is 0.144. The quantitative estimate of drug-likeness (QED) is 0.868. The second kappa shape index (κ2) is 7.77. The molecule has 2 atom stereocenters. The molecule has 1 aromatic rings. The van der Waals surface area contributed by atoms with Crippen LogP contribution in [0.15, 0.2) is 11.4 Å². The lowest BCUT2D eigenvalue weighted by Crippen LogP contribution is -2.32. The monoisotopic (exact) mass is 336 g/mol. The number of aryl methyl sites for hydroxylation is 1. The Labute approximate surface area is 143 Å². The largest absolute Gasteiger partial charge is 0.396 e. The number of hydrogen-bond donors (Lipinski definition) is 1. The maximum atomic E-state index is 12.7. The summed E-state index contributed by atoms with van der Waals surface area (Å²) in [6, 6.07) is 2.05. The molecule has 1 N–H and O–H groups in total. The van der Waals surface area contributed by atoms with Crippen LogP contribution in [0.5, 0.6) is 0 Å². The number of carbonyl (C=O) groups excluding carboxylic acids is 1. The standard InChI is InChI=1S/C18H28N2O2S/c1-2-5-17-8-14(13-23-17)18(22)20-10-15(16(11-20)12-21)9-19-6-3-4-7-19/h8,13,15-16,21H,2-7,9-12H2,1H3/t15-,16-/m1/s1. The highest BCUT2D eigenvalue weighted by Crippen LogP contribution is 2.28. The van der Waals surface area contributed by atoms with E-state index >= 15 is 0 Å². The molecule has 0 radical (unpaired) electrons. The molecule has 0 aliphatic carbocycles. The summed E-state index contributed by atoms with van der Waals surface area (Å²) in [5.74, 6) is 0.787. The molecule has 3 rings (SSSR count). The summed E-state index contributed by atoms with van der Waals surface area (Å²) in [4.78, 5) is 18.5. The summed E-state index contributed by atoms with van der Waals surface area (Å²) in [7, 11) is 0. The molecule has 1 amide bonds. The summed E-state index contributed by atoms with van der Waals surface area (Å²) in [6.45, 7) is 7.22. The van der Waals surface area contributed by atoms with Crippen LogP contribution in [-0.4, -0.2) is 60.1 Å². The number of thiophene rings is 1. The smallest absolute Gasteiger partial charge is 0.254 e. The van der Waals surface area contributed by atoms with E-state index in [-0.39, 0.29) is 18.4 Å². The lowest BCUT2D eigenvalue weighted by atomic mass is 9.96. The van der Waals surface area contributed by atoms with Crippen LogP contribution in [0.4, 0.5) is 0 Å². The summed E-state index contributed by atoms with van der Waals surface area (Å²) in [6.07, 6.45) is 4.74. The molecule has 1 aromatic heterocycles. The van der Waals surface area contributed by atoms with Crippen molar-refractivity contribution in [1.29, 1.82) is 0 Å². The number of aliphatic hydroxyl groups excluding tert-OH is 1. The third-order valence-electron chi connectivity index (χ3n) is 5.19. The number of nitrogens with zero attached hydrogens (tertiary/aromatic N) is 2. The van der Waals surface area contributed by atoms with E-state index < -0.39 is 0 Å². The highest BCUT2D eigenvalue weighted by atomic mass is 32.1. The molecule has 4 nitrogen and oxygen atoms in total. The van der Waals surface area contributed by atoms with Gasteiger partial charge in [-0.05, 0) is 44.3 Å². The van der Waals surface area contributed by atoms with E-state index in [2.05, 4.69) is 17.9 Å². The fourth-order valence-corrected chi connectivity index (χ4v) is 4.83. The van der Waals surface area contributed by atoms with Gasteiger partial charge in [0.1, 0.15) is 0 Å². The van der Waals surface area contributed by atoms with Gasteiger partial charge in [0.2, 0.25) is 0 Å². The molecule has 128 valence electrons. The van der Waals surface area contributed by atoms with Gasteiger partial charge in [0.25, 0.3) is 5.91 Å². The molecule has 0 aromatic carbocycles. The molecule has 0 bridgehead atoms. The van der Waals surface area contributed by atoms with Crippen LogP contribution in [0.25, 0.3) is 0 Å². The van der Waals surface area contributed by atoms with Crippen molar-refractivity contribution in [3.63, 3.8) is 0 Å². The van der Waals surface area contributed by atoms with Crippen LogP contribution < -0.4 is 0 Å². The third kappa shape index (κ3) is 3.95. The second-order valence-corrected chi connectivity index (χ2v) is 7.97. The number of amides is 1. The molecule has 0 spiro atoms. The Balaban J connectivity index is 1.61. The van der Waals surface area contributed by atoms with E-state index in [4.69, 9.17) is 0 Å². The highest BCUT2D eigenvalue weighted by Gasteiger charge is 2.36. The van der Waals surface area contributed by atoms with Gasteiger partial charge in [0.15, 0.2) is 0 Å². The van der Waals surface area contributed by atoms with Crippen molar-refractivity contribution in [1.82, 2.24) is 9.80 Å². The van der Waals surface area contributed by atoms with Gasteiger partial charge < -0.3 is 14.9 Å². The zero-order chi connectivity index (χ0) is 16.2. The van der Waals surface area contributed by atoms with Gasteiger partial charge in [0, 0.05) is 42.4 Å². The van der Waals surface area contributed by atoms with Crippen LogP contribution in [0.1, 0.15) is 41.4 Å². The average molecular weight is 337 g/mol. The van der Waals surface area contributed by atoms with Crippen molar-refractivity contribution in [2.45, 2.75) is 32.6 Å². The first-order chi connectivity index (χ1) is 11.2. The molecule has 2 aliphatic rings. The molecule has 5 heteroatoms. The maximum absolute atomic E-state index is 12.7. The van der Waals surface area contributed by atoms with Gasteiger partial charge in [-0.3, -0.25) is 4.79 Å². The molecule has 23 heavy (non-hydrogen) atoms. The predicted molar refractivity (Wildman–Crippen MR) is 94.0 cm³/mol. The van der Waals surface area contributed by atoms with E-state index in [1.165, 1.54) is 30.8 Å². The average Bonchev–Trinajstić information content (AvgIpc) is 3.28. The van der Waals surface area contributed by atoms with Crippen molar-refractivity contribution < 1.29 is 9.90 Å². The molecule has 2 saturated heterocycles. The van der Waals surface area contributed by atoms with E-state index in [9.17, 15) is 9.90 Å². The maximum Gasteiger partial charge on any atom is 0.254 e. The van der Waals surface area contributed by atoms with Crippen LogP contribution in [0, 0.1) is 11.8 Å². The molecule has 3 heterocycles. The highest BCUT2D eigenvalue weighted by molar-refractivity contribution is 7.10. The predicted octanol–water partition coefficient (Wildman–Crippen LogP) is 2.48.